The molecule has 1 aromatic carbocycles. The number of aryl methyl sites for hydroxylation is 2. The number of non-ortho nitro benzene ring substituents is 1. The van der Waals surface area contributed by atoms with Crippen molar-refractivity contribution in [2.24, 2.45) is 0 Å². The molecule has 0 atom stereocenters. The van der Waals surface area contributed by atoms with E-state index >= 15 is 0 Å². The van der Waals surface area contributed by atoms with Gasteiger partial charge in [-0.1, -0.05) is 0 Å². The van der Waals surface area contributed by atoms with Crippen LogP contribution in [0.25, 0.3) is 0 Å². The highest BCUT2D eigenvalue weighted by Gasteiger charge is 2.44. The quantitative estimate of drug-likeness (QED) is 0.484. The molecule has 1 rings (SSSR count). The van der Waals surface area contributed by atoms with Gasteiger partial charge < -0.3 is 7.58 Å². The summed E-state index contributed by atoms with van der Waals surface area (Å²) in [4.78, 5) is 20.8. The number of hydrogen-bond acceptors (Lipinski definition) is 5. The summed E-state index contributed by atoms with van der Waals surface area (Å²) in [5, 5.41) is 10.7. The number of benzene rings is 1. The Kier molecular flexibility index (Phi) is 5.20. The van der Waals surface area contributed by atoms with Gasteiger partial charge in [0.05, 0.1) is 10.7 Å². The second-order valence-electron chi connectivity index (χ2n) is 4.25. The van der Waals surface area contributed by atoms with E-state index in [1.165, 1.54) is 31.8 Å². The molecule has 114 valence electrons. The third-order valence-corrected chi connectivity index (χ3v) is 3.56. The number of carbonyl (C=O) groups excluding carboxylic acids is 1. The van der Waals surface area contributed by atoms with Gasteiger partial charge in [-0.25, -0.2) is 4.79 Å². The first-order valence-corrected chi connectivity index (χ1v) is 7.82. The molecule has 0 aliphatic rings. The van der Waals surface area contributed by atoms with Crippen LogP contribution in [0.2, 0.25) is 5.79 Å². The van der Waals surface area contributed by atoms with Gasteiger partial charge in [-0.2, -0.15) is 13.2 Å². The van der Waals surface area contributed by atoms with Gasteiger partial charge in [-0.05, 0) is 30.8 Å². The molecule has 0 aromatic heterocycles. The maximum atomic E-state index is 12.1. The number of hydrogen-bond donors (Lipinski definition) is 0. The molecule has 10 heteroatoms. The van der Waals surface area contributed by atoms with Crippen molar-refractivity contribution in [2.75, 3.05) is 0 Å². The first-order valence-electron chi connectivity index (χ1n) is 5.72. The molecular formula is C11H11AlF3NO5. The molecule has 0 bridgehead atoms. The van der Waals surface area contributed by atoms with E-state index < -0.39 is 31.9 Å². The van der Waals surface area contributed by atoms with Crippen LogP contribution < -0.4 is 3.79 Å². The smallest absolute Gasteiger partial charge is 0.611 e. The Balaban J connectivity index is 2.89. The Morgan fingerprint density at radius 3 is 2.14 bits per heavy atom. The van der Waals surface area contributed by atoms with E-state index in [4.69, 9.17) is 3.79 Å². The molecule has 0 radical (unpaired) electrons. The lowest BCUT2D eigenvalue weighted by Gasteiger charge is -2.17. The normalized spacial score (nSPS) is 11.0. The summed E-state index contributed by atoms with van der Waals surface area (Å²) < 4.78 is 45.7. The standard InChI is InChI=1S/C8H9NO3.C2HF3O2.CH3.Al/c1-5-3-7(9(11)12)4-6(2)8(5)10;3-2(4,5)1(6)7;;/h3-4,10H,1-2H3;(H,6,7);1H3;/q;;;+2/p-2. The van der Waals surface area contributed by atoms with Gasteiger partial charge >= 0.3 is 27.0 Å². The lowest BCUT2D eigenvalue weighted by Crippen LogP contribution is -2.34. The maximum absolute atomic E-state index is 12.1. The van der Waals surface area contributed by atoms with E-state index in [-0.39, 0.29) is 11.4 Å². The zero-order chi connectivity index (χ0) is 16.4. The summed E-state index contributed by atoms with van der Waals surface area (Å²) in [5.74, 6) is -0.863. The van der Waals surface area contributed by atoms with E-state index in [0.717, 1.165) is 0 Å². The van der Waals surface area contributed by atoms with E-state index in [9.17, 15) is 28.1 Å². The van der Waals surface area contributed by atoms with Crippen LogP contribution in [0.3, 0.4) is 0 Å². The summed E-state index contributed by atoms with van der Waals surface area (Å²) >= 11 is -2.92. The van der Waals surface area contributed by atoms with Gasteiger partial charge in [0.15, 0.2) is 0 Å². The Labute approximate surface area is 122 Å². The molecule has 0 saturated carbocycles. The van der Waals surface area contributed by atoms with Crippen molar-refractivity contribution in [3.8, 4) is 5.75 Å². The van der Waals surface area contributed by atoms with Crippen molar-refractivity contribution >= 4 is 26.5 Å². The topological polar surface area (TPSA) is 78.7 Å². The number of nitro benzene ring substituents is 1. The highest BCUT2D eigenvalue weighted by atomic mass is 27.2. The van der Waals surface area contributed by atoms with Gasteiger partial charge in [0.2, 0.25) is 0 Å². The monoisotopic (exact) mass is 321 g/mol. The summed E-state index contributed by atoms with van der Waals surface area (Å²) in [7, 11) is 0. The molecule has 0 spiro atoms. The van der Waals surface area contributed by atoms with Crippen LogP contribution in [-0.2, 0) is 8.58 Å². The predicted octanol–water partition coefficient (Wildman–Crippen LogP) is 2.81. The molecule has 21 heavy (non-hydrogen) atoms. The van der Waals surface area contributed by atoms with E-state index in [0.29, 0.717) is 11.1 Å². The van der Waals surface area contributed by atoms with E-state index in [1.807, 2.05) is 0 Å². The maximum Gasteiger partial charge on any atom is 0.855 e. The molecule has 0 heterocycles. The molecular weight excluding hydrogens is 310 g/mol. The van der Waals surface area contributed by atoms with Gasteiger partial charge in [-0.15, -0.1) is 0 Å². The molecule has 0 N–H and O–H groups in total. The van der Waals surface area contributed by atoms with Gasteiger partial charge in [0.1, 0.15) is 0 Å². The number of rotatable bonds is 4. The van der Waals surface area contributed by atoms with Gasteiger partial charge in [0.25, 0.3) is 5.69 Å². The highest BCUT2D eigenvalue weighted by molar-refractivity contribution is 6.46. The Morgan fingerprint density at radius 1 is 1.29 bits per heavy atom. The van der Waals surface area contributed by atoms with Crippen LogP contribution in [0.15, 0.2) is 12.1 Å². The minimum absolute atomic E-state index is 0.154. The lowest BCUT2D eigenvalue weighted by molar-refractivity contribution is -0.385. The predicted molar refractivity (Wildman–Crippen MR) is 67.0 cm³/mol. The van der Waals surface area contributed by atoms with E-state index in [2.05, 4.69) is 3.79 Å². The first-order chi connectivity index (χ1) is 9.52. The Hall–Kier alpha value is -1.79. The van der Waals surface area contributed by atoms with Gasteiger partial charge in [-0.3, -0.25) is 10.1 Å². The van der Waals surface area contributed by atoms with Crippen LogP contribution in [0.5, 0.6) is 5.75 Å². The van der Waals surface area contributed by atoms with Crippen molar-refractivity contribution in [1.29, 1.82) is 0 Å². The third kappa shape index (κ3) is 4.61. The van der Waals surface area contributed by atoms with Crippen LogP contribution in [0, 0.1) is 24.0 Å². The molecule has 0 aliphatic heterocycles. The number of nitro groups is 1. The van der Waals surface area contributed by atoms with Crippen molar-refractivity contribution in [2.45, 2.75) is 25.8 Å². The molecule has 0 aliphatic carbocycles. The SMILES string of the molecule is Cc1cc([N+](=O)[O-])cc(C)c1[O][Al]([CH3])[O]C(=O)C(F)(F)F. The molecule has 1 aromatic rings. The van der Waals surface area contributed by atoms with Crippen molar-refractivity contribution in [3.05, 3.63) is 33.4 Å². The molecule has 0 amide bonds. The fraction of sp³-hybridized carbons (Fsp3) is 0.364. The highest BCUT2D eigenvalue weighted by Crippen LogP contribution is 2.29. The van der Waals surface area contributed by atoms with Crippen LogP contribution in [-0.4, -0.2) is 31.9 Å². The first kappa shape index (κ1) is 17.3. The minimum atomic E-state index is -5.08. The third-order valence-electron chi connectivity index (χ3n) is 2.44. The van der Waals surface area contributed by atoms with Crippen molar-refractivity contribution < 1.29 is 30.5 Å². The van der Waals surface area contributed by atoms with Crippen molar-refractivity contribution in [1.82, 2.24) is 0 Å². The summed E-state index contributed by atoms with van der Waals surface area (Å²) in [6.45, 7) is 3.03. The fourth-order valence-corrected chi connectivity index (χ4v) is 2.81. The second kappa shape index (κ2) is 6.32. The number of halogens is 3. The molecule has 0 unspecified atom stereocenters. The van der Waals surface area contributed by atoms with E-state index in [1.54, 1.807) is 0 Å². The summed E-state index contributed by atoms with van der Waals surface area (Å²) in [5.41, 5.74) is 0.604. The Morgan fingerprint density at radius 2 is 1.76 bits per heavy atom. The van der Waals surface area contributed by atoms with Crippen molar-refractivity contribution in [3.63, 3.8) is 0 Å². The zero-order valence-corrected chi connectivity index (χ0v) is 12.5. The number of nitrogens with zero attached hydrogens (tertiary/aromatic N) is 1. The Bertz CT molecular complexity index is 552. The average molecular weight is 321 g/mol. The number of carbonyl (C=O) groups is 1. The molecule has 0 saturated heterocycles. The van der Waals surface area contributed by atoms with Gasteiger partial charge in [0, 0.05) is 12.1 Å². The largest absolute Gasteiger partial charge is 0.855 e. The van der Waals surface area contributed by atoms with Crippen LogP contribution in [0.1, 0.15) is 11.1 Å². The minimum Gasteiger partial charge on any atom is -0.611 e. The fourth-order valence-electron chi connectivity index (χ4n) is 1.63. The molecule has 6 nitrogen and oxygen atoms in total. The second-order valence-corrected chi connectivity index (χ2v) is 5.86. The van der Waals surface area contributed by atoms with Crippen LogP contribution >= 0.6 is 0 Å². The van der Waals surface area contributed by atoms with Crippen LogP contribution in [0.4, 0.5) is 18.9 Å². The summed E-state index contributed by atoms with van der Waals surface area (Å²) in [6, 6.07) is 2.46. The number of alkyl halides is 3. The molecule has 0 fully saturated rings. The summed E-state index contributed by atoms with van der Waals surface area (Å²) in [6.07, 6.45) is -5.08. The zero-order valence-electron chi connectivity index (χ0n) is 11.4. The average Bonchev–Trinajstić information content (AvgIpc) is 2.32. The lowest BCUT2D eigenvalue weighted by atomic mass is 10.1.